The van der Waals surface area contributed by atoms with Crippen LogP contribution in [0.25, 0.3) is 11.0 Å². The number of carbonyl (C=O) groups is 1. The smallest absolute Gasteiger partial charge is 0.306 e. The molecule has 0 saturated heterocycles. The second-order valence-corrected chi connectivity index (χ2v) is 4.03. The molecule has 0 amide bonds. The van der Waals surface area contributed by atoms with Gasteiger partial charge in [0.2, 0.25) is 0 Å². The summed E-state index contributed by atoms with van der Waals surface area (Å²) in [6.07, 6.45) is 0. The van der Waals surface area contributed by atoms with Gasteiger partial charge in [0.05, 0.1) is 11.0 Å². The summed E-state index contributed by atoms with van der Waals surface area (Å²) >= 11 is 0. The molecule has 0 unspecified atom stereocenters. The highest BCUT2D eigenvalue weighted by Crippen LogP contribution is 2.14. The van der Waals surface area contributed by atoms with Crippen LogP contribution in [0.15, 0.2) is 53.3 Å². The van der Waals surface area contributed by atoms with Gasteiger partial charge in [-0.3, -0.25) is 4.79 Å². The number of carbonyl (C=O) groups excluding carboxylic acids is 1. The van der Waals surface area contributed by atoms with Crippen molar-refractivity contribution in [1.29, 1.82) is 0 Å². The number of rotatable bonds is 2. The average Bonchev–Trinajstić information content (AvgIpc) is 2.78. The van der Waals surface area contributed by atoms with E-state index < -0.39 is 0 Å². The zero-order valence-electron chi connectivity index (χ0n) is 9.44. The molecule has 0 aliphatic heterocycles. The summed E-state index contributed by atoms with van der Waals surface area (Å²) < 4.78 is 0. The standard InChI is InChI=1S/C14H10N2O2/c17-13(9-4-2-1-3-5-9)10-6-7-11-12(8-10)16-14(18)15-11/h1-8H,(H2,15,16,18). The lowest BCUT2D eigenvalue weighted by Crippen LogP contribution is -2.00. The molecule has 3 aromatic rings. The molecule has 4 heteroatoms. The molecule has 4 nitrogen and oxygen atoms in total. The largest absolute Gasteiger partial charge is 0.323 e. The first-order valence-electron chi connectivity index (χ1n) is 5.56. The molecule has 0 spiro atoms. The predicted molar refractivity (Wildman–Crippen MR) is 68.8 cm³/mol. The Balaban J connectivity index is 2.09. The van der Waals surface area contributed by atoms with E-state index in [1.807, 2.05) is 18.2 Å². The number of aromatic amines is 2. The second kappa shape index (κ2) is 4.00. The molecule has 0 fully saturated rings. The maximum Gasteiger partial charge on any atom is 0.323 e. The maximum absolute atomic E-state index is 12.2. The van der Waals surface area contributed by atoms with Crippen LogP contribution in [0.3, 0.4) is 0 Å². The Hall–Kier alpha value is -2.62. The van der Waals surface area contributed by atoms with Crippen LogP contribution in [0.5, 0.6) is 0 Å². The molecule has 3 rings (SSSR count). The fourth-order valence-corrected chi connectivity index (χ4v) is 1.93. The molecule has 0 saturated carbocycles. The normalized spacial score (nSPS) is 10.7. The van der Waals surface area contributed by atoms with Crippen LogP contribution >= 0.6 is 0 Å². The Morgan fingerprint density at radius 3 is 2.33 bits per heavy atom. The Labute approximate surface area is 102 Å². The predicted octanol–water partition coefficient (Wildman–Crippen LogP) is 2.09. The highest BCUT2D eigenvalue weighted by Gasteiger charge is 2.09. The van der Waals surface area contributed by atoms with Crippen LogP contribution in [0.2, 0.25) is 0 Å². The van der Waals surface area contributed by atoms with Crippen molar-refractivity contribution in [2.24, 2.45) is 0 Å². The van der Waals surface area contributed by atoms with Crippen LogP contribution < -0.4 is 5.69 Å². The number of fused-ring (bicyclic) bond motifs is 1. The van der Waals surface area contributed by atoms with E-state index in [2.05, 4.69) is 9.97 Å². The zero-order valence-corrected chi connectivity index (χ0v) is 9.44. The van der Waals surface area contributed by atoms with Gasteiger partial charge in [-0.2, -0.15) is 0 Å². The summed E-state index contributed by atoms with van der Waals surface area (Å²) in [5.74, 6) is -0.0560. The van der Waals surface area contributed by atoms with E-state index in [0.717, 1.165) is 0 Å². The van der Waals surface area contributed by atoms with Crippen molar-refractivity contribution >= 4 is 16.8 Å². The molecule has 0 radical (unpaired) electrons. The second-order valence-electron chi connectivity index (χ2n) is 4.03. The summed E-state index contributed by atoms with van der Waals surface area (Å²) in [4.78, 5) is 28.6. The molecule has 88 valence electrons. The third kappa shape index (κ3) is 1.73. The van der Waals surface area contributed by atoms with Crippen LogP contribution in [0.1, 0.15) is 15.9 Å². The topological polar surface area (TPSA) is 65.7 Å². The van der Waals surface area contributed by atoms with Gasteiger partial charge in [0.1, 0.15) is 0 Å². The molecule has 0 aliphatic rings. The number of H-pyrrole nitrogens is 2. The van der Waals surface area contributed by atoms with E-state index in [0.29, 0.717) is 22.2 Å². The van der Waals surface area contributed by atoms with Gasteiger partial charge in [0.15, 0.2) is 5.78 Å². The number of ketones is 1. The molecule has 2 aromatic carbocycles. The molecule has 18 heavy (non-hydrogen) atoms. The fraction of sp³-hybridized carbons (Fsp3) is 0. The molecule has 0 bridgehead atoms. The first kappa shape index (κ1) is 10.5. The summed E-state index contributed by atoms with van der Waals surface area (Å²) in [6, 6.07) is 14.2. The van der Waals surface area contributed by atoms with Crippen LogP contribution in [-0.4, -0.2) is 15.8 Å². The molecule has 0 atom stereocenters. The first-order valence-corrected chi connectivity index (χ1v) is 5.56. The molecule has 2 N–H and O–H groups in total. The molecular weight excluding hydrogens is 228 g/mol. The Kier molecular flexibility index (Phi) is 2.34. The van der Waals surface area contributed by atoms with Gasteiger partial charge >= 0.3 is 5.69 Å². The maximum atomic E-state index is 12.2. The Bertz CT molecular complexity index is 769. The minimum atomic E-state index is -0.269. The van der Waals surface area contributed by atoms with Crippen molar-refractivity contribution < 1.29 is 4.79 Å². The van der Waals surface area contributed by atoms with Gasteiger partial charge in [-0.05, 0) is 18.2 Å². The van der Waals surface area contributed by atoms with Gasteiger partial charge in [-0.25, -0.2) is 4.79 Å². The lowest BCUT2D eigenvalue weighted by atomic mass is 10.0. The van der Waals surface area contributed by atoms with Crippen LogP contribution in [-0.2, 0) is 0 Å². The van der Waals surface area contributed by atoms with Gasteiger partial charge in [0.25, 0.3) is 0 Å². The zero-order chi connectivity index (χ0) is 12.5. The highest BCUT2D eigenvalue weighted by molar-refractivity contribution is 6.10. The van der Waals surface area contributed by atoms with Crippen molar-refractivity contribution in [1.82, 2.24) is 9.97 Å². The Morgan fingerprint density at radius 1 is 0.833 bits per heavy atom. The number of nitrogens with one attached hydrogen (secondary N) is 2. The van der Waals surface area contributed by atoms with Gasteiger partial charge in [-0.1, -0.05) is 30.3 Å². The monoisotopic (exact) mass is 238 g/mol. The van der Waals surface area contributed by atoms with Crippen LogP contribution in [0.4, 0.5) is 0 Å². The van der Waals surface area contributed by atoms with E-state index in [1.165, 1.54) is 0 Å². The average molecular weight is 238 g/mol. The summed E-state index contributed by atoms with van der Waals surface area (Å²) in [5, 5.41) is 0. The van der Waals surface area contributed by atoms with E-state index in [-0.39, 0.29) is 11.5 Å². The number of imidazole rings is 1. The summed E-state index contributed by atoms with van der Waals surface area (Å²) in [6.45, 7) is 0. The Morgan fingerprint density at radius 2 is 1.56 bits per heavy atom. The highest BCUT2D eigenvalue weighted by atomic mass is 16.1. The van der Waals surface area contributed by atoms with E-state index in [1.54, 1.807) is 30.3 Å². The van der Waals surface area contributed by atoms with E-state index in [9.17, 15) is 9.59 Å². The molecule has 1 aromatic heterocycles. The third-order valence-electron chi connectivity index (χ3n) is 2.81. The number of hydrogen-bond acceptors (Lipinski definition) is 2. The quantitative estimate of drug-likeness (QED) is 0.671. The number of aromatic nitrogens is 2. The lowest BCUT2D eigenvalue weighted by Gasteiger charge is -2.00. The van der Waals surface area contributed by atoms with Crippen molar-refractivity contribution in [3.63, 3.8) is 0 Å². The van der Waals surface area contributed by atoms with Crippen molar-refractivity contribution in [2.45, 2.75) is 0 Å². The summed E-state index contributed by atoms with van der Waals surface area (Å²) in [5.41, 5.74) is 2.26. The molecular formula is C14H10N2O2. The SMILES string of the molecule is O=C(c1ccccc1)c1ccc2[nH]c(=O)[nH]c2c1. The van der Waals surface area contributed by atoms with Gasteiger partial charge in [0, 0.05) is 11.1 Å². The fourth-order valence-electron chi connectivity index (χ4n) is 1.93. The van der Waals surface area contributed by atoms with E-state index >= 15 is 0 Å². The van der Waals surface area contributed by atoms with Crippen LogP contribution in [0, 0.1) is 0 Å². The van der Waals surface area contributed by atoms with Crippen molar-refractivity contribution in [3.05, 3.63) is 70.1 Å². The minimum absolute atomic E-state index is 0.0560. The van der Waals surface area contributed by atoms with Gasteiger partial charge < -0.3 is 9.97 Å². The van der Waals surface area contributed by atoms with Crippen molar-refractivity contribution in [3.8, 4) is 0 Å². The minimum Gasteiger partial charge on any atom is -0.306 e. The third-order valence-corrected chi connectivity index (χ3v) is 2.81. The lowest BCUT2D eigenvalue weighted by molar-refractivity contribution is 0.103. The molecule has 0 aliphatic carbocycles. The number of benzene rings is 2. The number of hydrogen-bond donors (Lipinski definition) is 2. The molecule has 1 heterocycles. The first-order chi connectivity index (χ1) is 8.74. The van der Waals surface area contributed by atoms with Crippen molar-refractivity contribution in [2.75, 3.05) is 0 Å². The van der Waals surface area contributed by atoms with Gasteiger partial charge in [-0.15, -0.1) is 0 Å². The van der Waals surface area contributed by atoms with E-state index in [4.69, 9.17) is 0 Å². The summed E-state index contributed by atoms with van der Waals surface area (Å²) in [7, 11) is 0.